The van der Waals surface area contributed by atoms with Gasteiger partial charge in [0, 0.05) is 0 Å². The monoisotopic (exact) mass is 170 g/mol. The molecule has 1 aliphatic heterocycles. The predicted molar refractivity (Wildman–Crippen MR) is 48.9 cm³/mol. The highest BCUT2D eigenvalue weighted by molar-refractivity contribution is 4.90. The van der Waals surface area contributed by atoms with Gasteiger partial charge in [-0.25, -0.2) is 0 Å². The van der Waals surface area contributed by atoms with Crippen molar-refractivity contribution < 1.29 is 9.84 Å². The fraction of sp³-hybridized carbons (Fsp3) is 0.800. The topological polar surface area (TPSA) is 32.8 Å². The molecule has 1 rings (SSSR count). The minimum atomic E-state index is 0.108. The van der Waals surface area contributed by atoms with E-state index in [-0.39, 0.29) is 18.8 Å². The van der Waals surface area contributed by atoms with Gasteiger partial charge in [0.1, 0.15) is 6.10 Å². The zero-order chi connectivity index (χ0) is 9.14. The molecule has 70 valence electrons. The first-order valence-corrected chi connectivity index (χ1v) is 4.58. The van der Waals surface area contributed by atoms with Crippen molar-refractivity contribution in [3.63, 3.8) is 0 Å². The van der Waals surface area contributed by atoms with Crippen LogP contribution in [0.2, 0.25) is 0 Å². The van der Waals surface area contributed by atoms with Gasteiger partial charge in [0.25, 0.3) is 0 Å². The molecular weight excluding hydrogens is 152 g/mol. The van der Waals surface area contributed by atoms with E-state index in [9.17, 15) is 0 Å². The van der Waals surface area contributed by atoms with Crippen LogP contribution in [-0.4, -0.2) is 23.9 Å². The highest BCUT2D eigenvalue weighted by atomic mass is 16.6. The second-order valence-corrected chi connectivity index (χ2v) is 3.75. The number of aliphatic hydroxyl groups is 1. The molecule has 2 nitrogen and oxygen atoms in total. The Morgan fingerprint density at radius 2 is 2.25 bits per heavy atom. The molecule has 0 amide bonds. The summed E-state index contributed by atoms with van der Waals surface area (Å²) in [6.45, 7) is 8.23. The van der Waals surface area contributed by atoms with E-state index < -0.39 is 0 Å². The van der Waals surface area contributed by atoms with Crippen molar-refractivity contribution in [3.8, 4) is 0 Å². The number of ether oxygens (including phenoxy) is 1. The molecule has 1 aliphatic rings. The molecule has 1 fully saturated rings. The molecule has 2 heteroatoms. The summed E-state index contributed by atoms with van der Waals surface area (Å²) >= 11 is 0. The largest absolute Gasteiger partial charge is 0.394 e. The van der Waals surface area contributed by atoms with Gasteiger partial charge in [0.05, 0.1) is 12.7 Å². The van der Waals surface area contributed by atoms with Crippen LogP contribution in [0, 0.1) is 11.8 Å². The van der Waals surface area contributed by atoms with Crippen molar-refractivity contribution in [3.05, 3.63) is 12.7 Å². The standard InChI is InChI=1S/C10H18O2/c1-4-7(2)5-8(3)10-9(6-11)12-10/h4,7-11H,1,5-6H2,2-3H3/t7-,8+,9-,10-/m0/s1. The number of rotatable bonds is 5. The van der Waals surface area contributed by atoms with Crippen LogP contribution in [0.25, 0.3) is 0 Å². The second kappa shape index (κ2) is 4.06. The predicted octanol–water partition coefficient (Wildman–Crippen LogP) is 1.59. The Balaban J connectivity index is 2.21. The van der Waals surface area contributed by atoms with Gasteiger partial charge < -0.3 is 9.84 Å². The molecule has 0 saturated carbocycles. The van der Waals surface area contributed by atoms with E-state index in [0.717, 1.165) is 6.42 Å². The number of hydrogen-bond acceptors (Lipinski definition) is 2. The van der Waals surface area contributed by atoms with Crippen molar-refractivity contribution in [1.29, 1.82) is 0 Å². The third-order valence-corrected chi connectivity index (χ3v) is 2.51. The van der Waals surface area contributed by atoms with Crippen molar-refractivity contribution in [1.82, 2.24) is 0 Å². The molecule has 0 aromatic rings. The van der Waals surface area contributed by atoms with E-state index in [0.29, 0.717) is 11.8 Å². The highest BCUT2D eigenvalue weighted by Gasteiger charge is 2.42. The maximum atomic E-state index is 8.77. The lowest BCUT2D eigenvalue weighted by Gasteiger charge is -2.11. The Morgan fingerprint density at radius 3 is 2.67 bits per heavy atom. The van der Waals surface area contributed by atoms with Crippen molar-refractivity contribution in [2.75, 3.05) is 6.61 Å². The third kappa shape index (κ3) is 2.32. The van der Waals surface area contributed by atoms with Crippen LogP contribution < -0.4 is 0 Å². The molecule has 1 N–H and O–H groups in total. The maximum Gasteiger partial charge on any atom is 0.107 e. The smallest absolute Gasteiger partial charge is 0.107 e. The van der Waals surface area contributed by atoms with Crippen LogP contribution >= 0.6 is 0 Å². The highest BCUT2D eigenvalue weighted by Crippen LogP contribution is 2.32. The Kier molecular flexibility index (Phi) is 3.29. The first kappa shape index (κ1) is 9.75. The van der Waals surface area contributed by atoms with Gasteiger partial charge >= 0.3 is 0 Å². The summed E-state index contributed by atoms with van der Waals surface area (Å²) in [5, 5.41) is 8.77. The minimum absolute atomic E-state index is 0.108. The van der Waals surface area contributed by atoms with Gasteiger partial charge in [-0.2, -0.15) is 0 Å². The van der Waals surface area contributed by atoms with Crippen LogP contribution in [0.3, 0.4) is 0 Å². The van der Waals surface area contributed by atoms with Crippen LogP contribution in [0.15, 0.2) is 12.7 Å². The number of hydrogen-bond donors (Lipinski definition) is 1. The van der Waals surface area contributed by atoms with E-state index >= 15 is 0 Å². The number of aliphatic hydroxyl groups excluding tert-OH is 1. The maximum absolute atomic E-state index is 8.77. The summed E-state index contributed by atoms with van der Waals surface area (Å²) in [5.41, 5.74) is 0. The zero-order valence-corrected chi connectivity index (χ0v) is 7.86. The van der Waals surface area contributed by atoms with E-state index in [1.54, 1.807) is 0 Å². The fourth-order valence-corrected chi connectivity index (χ4v) is 1.62. The summed E-state index contributed by atoms with van der Waals surface area (Å²) in [6.07, 6.45) is 3.46. The van der Waals surface area contributed by atoms with Gasteiger partial charge in [-0.15, -0.1) is 6.58 Å². The first-order chi connectivity index (χ1) is 5.69. The quantitative estimate of drug-likeness (QED) is 0.502. The van der Waals surface area contributed by atoms with Crippen LogP contribution in [0.4, 0.5) is 0 Å². The molecule has 12 heavy (non-hydrogen) atoms. The molecule has 0 aromatic heterocycles. The van der Waals surface area contributed by atoms with Gasteiger partial charge in [-0.1, -0.05) is 19.9 Å². The van der Waals surface area contributed by atoms with Crippen molar-refractivity contribution in [2.45, 2.75) is 32.5 Å². The van der Waals surface area contributed by atoms with E-state index in [2.05, 4.69) is 20.4 Å². The molecular formula is C10H18O2. The van der Waals surface area contributed by atoms with Gasteiger partial charge in [0.2, 0.25) is 0 Å². The molecule has 4 atom stereocenters. The molecule has 0 aromatic carbocycles. The average Bonchev–Trinajstić information content (AvgIpc) is 2.82. The summed E-state index contributed by atoms with van der Waals surface area (Å²) in [5.74, 6) is 1.08. The Hall–Kier alpha value is -0.340. The van der Waals surface area contributed by atoms with Gasteiger partial charge in [-0.05, 0) is 18.3 Å². The van der Waals surface area contributed by atoms with Crippen LogP contribution in [0.1, 0.15) is 20.3 Å². The van der Waals surface area contributed by atoms with Crippen molar-refractivity contribution >= 4 is 0 Å². The SMILES string of the molecule is C=C[C@H](C)C[C@@H](C)[C@@H]1O[C@H]1CO. The lowest BCUT2D eigenvalue weighted by Crippen LogP contribution is -2.11. The molecule has 0 spiro atoms. The Labute approximate surface area is 74.2 Å². The third-order valence-electron chi connectivity index (χ3n) is 2.51. The summed E-state index contributed by atoms with van der Waals surface area (Å²) in [6, 6.07) is 0. The summed E-state index contributed by atoms with van der Waals surface area (Å²) in [7, 11) is 0. The minimum Gasteiger partial charge on any atom is -0.394 e. The summed E-state index contributed by atoms with van der Waals surface area (Å²) < 4.78 is 5.29. The van der Waals surface area contributed by atoms with E-state index in [4.69, 9.17) is 9.84 Å². The summed E-state index contributed by atoms with van der Waals surface area (Å²) in [4.78, 5) is 0. The average molecular weight is 170 g/mol. The molecule has 0 radical (unpaired) electrons. The first-order valence-electron chi connectivity index (χ1n) is 4.58. The van der Waals surface area contributed by atoms with Crippen LogP contribution in [-0.2, 0) is 4.74 Å². The molecule has 1 saturated heterocycles. The molecule has 0 bridgehead atoms. The molecule has 0 unspecified atom stereocenters. The second-order valence-electron chi connectivity index (χ2n) is 3.75. The van der Waals surface area contributed by atoms with Crippen molar-refractivity contribution in [2.24, 2.45) is 11.8 Å². The van der Waals surface area contributed by atoms with E-state index in [1.165, 1.54) is 0 Å². The molecule has 0 aliphatic carbocycles. The lowest BCUT2D eigenvalue weighted by atomic mass is 9.93. The number of allylic oxidation sites excluding steroid dienone is 1. The fourth-order valence-electron chi connectivity index (χ4n) is 1.62. The number of epoxide rings is 1. The normalized spacial score (nSPS) is 32.6. The molecule has 1 heterocycles. The van der Waals surface area contributed by atoms with Crippen LogP contribution in [0.5, 0.6) is 0 Å². The van der Waals surface area contributed by atoms with Gasteiger partial charge in [-0.3, -0.25) is 0 Å². The van der Waals surface area contributed by atoms with E-state index in [1.807, 2.05) is 6.08 Å². The Bertz CT molecular complexity index is 156. The van der Waals surface area contributed by atoms with Gasteiger partial charge in [0.15, 0.2) is 0 Å². The lowest BCUT2D eigenvalue weighted by molar-refractivity contribution is 0.238. The zero-order valence-electron chi connectivity index (χ0n) is 7.86. The Morgan fingerprint density at radius 1 is 1.58 bits per heavy atom.